The molecule has 6 aromatic carbocycles. The number of fused-ring (bicyclic) bond motifs is 3. The van der Waals surface area contributed by atoms with Crippen molar-refractivity contribution in [1.82, 2.24) is 0 Å². The van der Waals surface area contributed by atoms with Crippen molar-refractivity contribution in [2.24, 2.45) is 0 Å². The van der Waals surface area contributed by atoms with E-state index < -0.39 is 0 Å². The first-order chi connectivity index (χ1) is 16.9. The van der Waals surface area contributed by atoms with Crippen LogP contribution in [-0.4, -0.2) is 0 Å². The van der Waals surface area contributed by atoms with Crippen LogP contribution in [0.2, 0.25) is 0 Å². The highest BCUT2D eigenvalue weighted by Gasteiger charge is 2.22. The molecule has 0 radical (unpaired) electrons. The van der Waals surface area contributed by atoms with E-state index in [-0.39, 0.29) is 0 Å². The lowest BCUT2D eigenvalue weighted by molar-refractivity contribution is 1.58. The highest BCUT2D eigenvalue weighted by molar-refractivity contribution is 6.18. The molecule has 0 unspecified atom stereocenters. The Labute approximate surface area is 199 Å². The molecule has 1 aliphatic carbocycles. The summed E-state index contributed by atoms with van der Waals surface area (Å²) in [6.45, 7) is 0. The van der Waals surface area contributed by atoms with Gasteiger partial charge in [-0.25, -0.2) is 0 Å². The second-order valence-corrected chi connectivity index (χ2v) is 8.96. The van der Waals surface area contributed by atoms with E-state index in [1.807, 2.05) is 0 Å². The average Bonchev–Trinajstić information content (AvgIpc) is 3.25. The monoisotopic (exact) mass is 430 g/mol. The lowest BCUT2D eigenvalue weighted by Gasteiger charge is -2.12. The highest BCUT2D eigenvalue weighted by Crippen LogP contribution is 2.49. The van der Waals surface area contributed by atoms with Crippen LogP contribution in [0.25, 0.3) is 66.4 Å². The maximum atomic E-state index is 2.33. The Bertz CT molecular complexity index is 1660. The minimum atomic E-state index is 1.24. The van der Waals surface area contributed by atoms with Gasteiger partial charge >= 0.3 is 0 Å². The van der Waals surface area contributed by atoms with Gasteiger partial charge in [0.25, 0.3) is 0 Å². The van der Waals surface area contributed by atoms with E-state index in [1.54, 1.807) is 0 Å². The summed E-state index contributed by atoms with van der Waals surface area (Å²) in [7, 11) is 0. The van der Waals surface area contributed by atoms with Crippen molar-refractivity contribution in [2.75, 3.05) is 0 Å². The van der Waals surface area contributed by atoms with E-state index in [2.05, 4.69) is 133 Å². The number of benzene rings is 6. The van der Waals surface area contributed by atoms with Crippen molar-refractivity contribution < 1.29 is 0 Å². The van der Waals surface area contributed by atoms with Crippen molar-refractivity contribution in [3.63, 3.8) is 0 Å². The van der Waals surface area contributed by atoms with Gasteiger partial charge in [-0.1, -0.05) is 121 Å². The fraction of sp³-hybridized carbons (Fsp3) is 0. The molecule has 0 aromatic heterocycles. The smallest absolute Gasteiger partial charge is 0.00201 e. The number of hydrogen-bond acceptors (Lipinski definition) is 0. The van der Waals surface area contributed by atoms with Crippen molar-refractivity contribution in [3.8, 4) is 55.6 Å². The Morgan fingerprint density at radius 2 is 0.735 bits per heavy atom. The molecule has 0 nitrogen and oxygen atoms in total. The molecular weight excluding hydrogens is 408 g/mol. The summed E-state index contributed by atoms with van der Waals surface area (Å²) < 4.78 is 0. The van der Waals surface area contributed by atoms with Gasteiger partial charge in [-0.3, -0.25) is 0 Å². The van der Waals surface area contributed by atoms with Gasteiger partial charge in [0.2, 0.25) is 0 Å². The molecule has 6 aromatic rings. The molecule has 0 N–H and O–H groups in total. The summed E-state index contributed by atoms with van der Waals surface area (Å²) in [6.07, 6.45) is 0. The predicted molar refractivity (Wildman–Crippen MR) is 145 cm³/mol. The molecule has 158 valence electrons. The summed E-state index contributed by atoms with van der Waals surface area (Å²) in [5, 5.41) is 2.69. The van der Waals surface area contributed by atoms with Gasteiger partial charge in [0.05, 0.1) is 0 Å². The quantitative estimate of drug-likeness (QED) is 0.262. The van der Waals surface area contributed by atoms with Crippen LogP contribution in [0.5, 0.6) is 0 Å². The summed E-state index contributed by atoms with van der Waals surface area (Å²) in [4.78, 5) is 0. The third-order valence-electron chi connectivity index (χ3n) is 7.02. The van der Waals surface area contributed by atoms with E-state index in [0.717, 1.165) is 0 Å². The van der Waals surface area contributed by atoms with E-state index in [0.29, 0.717) is 0 Å². The molecule has 1 aliphatic rings. The molecule has 0 aliphatic heterocycles. The van der Waals surface area contributed by atoms with Gasteiger partial charge in [-0.15, -0.1) is 0 Å². The van der Waals surface area contributed by atoms with Gasteiger partial charge < -0.3 is 0 Å². The third kappa shape index (κ3) is 2.93. The first-order valence-electron chi connectivity index (χ1n) is 11.8. The van der Waals surface area contributed by atoms with E-state index >= 15 is 0 Å². The molecule has 0 saturated carbocycles. The van der Waals surface area contributed by atoms with Crippen LogP contribution >= 0.6 is 0 Å². The molecule has 0 amide bonds. The lowest BCUT2D eigenvalue weighted by atomic mass is 9.92. The fourth-order valence-electron chi connectivity index (χ4n) is 5.44. The average molecular weight is 431 g/mol. The van der Waals surface area contributed by atoms with Crippen molar-refractivity contribution in [2.45, 2.75) is 0 Å². The van der Waals surface area contributed by atoms with Crippen LogP contribution in [0.3, 0.4) is 0 Å². The SMILES string of the molecule is c1ccc(-c2cccc(-c3cccc(-c4ccc5c6c(cccc46)-c4ccccc4-5)c3)c2)cc1. The maximum Gasteiger partial charge on any atom is -0.00201 e. The van der Waals surface area contributed by atoms with Crippen LogP contribution in [0.4, 0.5) is 0 Å². The number of hydrogen-bond donors (Lipinski definition) is 0. The molecule has 0 atom stereocenters. The van der Waals surface area contributed by atoms with Crippen molar-refractivity contribution in [1.29, 1.82) is 0 Å². The van der Waals surface area contributed by atoms with Crippen LogP contribution in [-0.2, 0) is 0 Å². The number of rotatable bonds is 3. The zero-order chi connectivity index (χ0) is 22.5. The van der Waals surface area contributed by atoms with Gasteiger partial charge in [0.15, 0.2) is 0 Å². The molecule has 0 bridgehead atoms. The Morgan fingerprint density at radius 3 is 1.47 bits per heavy atom. The molecule has 0 spiro atoms. The van der Waals surface area contributed by atoms with Gasteiger partial charge in [-0.2, -0.15) is 0 Å². The Hall–Kier alpha value is -4.42. The fourth-order valence-corrected chi connectivity index (χ4v) is 5.44. The predicted octanol–water partition coefficient (Wildman–Crippen LogP) is 9.49. The summed E-state index contributed by atoms with van der Waals surface area (Å²) >= 11 is 0. The van der Waals surface area contributed by atoms with Gasteiger partial charge in [-0.05, 0) is 78.5 Å². The summed E-state index contributed by atoms with van der Waals surface area (Å²) in [5.74, 6) is 0. The Morgan fingerprint density at radius 1 is 0.265 bits per heavy atom. The van der Waals surface area contributed by atoms with E-state index in [9.17, 15) is 0 Å². The first-order valence-corrected chi connectivity index (χ1v) is 11.8. The zero-order valence-electron chi connectivity index (χ0n) is 18.7. The second-order valence-electron chi connectivity index (χ2n) is 8.96. The summed E-state index contributed by atoms with van der Waals surface area (Å²) in [6, 6.07) is 48.4. The molecule has 0 heterocycles. The minimum absolute atomic E-state index is 1.24. The van der Waals surface area contributed by atoms with Crippen molar-refractivity contribution in [3.05, 3.63) is 133 Å². The largest absolute Gasteiger partial charge is 0.0622 e. The summed E-state index contributed by atoms with van der Waals surface area (Å²) in [5.41, 5.74) is 12.9. The molecule has 0 fully saturated rings. The first kappa shape index (κ1) is 19.1. The Kier molecular flexibility index (Phi) is 4.25. The topological polar surface area (TPSA) is 0 Å². The van der Waals surface area contributed by atoms with Crippen LogP contribution < -0.4 is 0 Å². The minimum Gasteiger partial charge on any atom is -0.0622 e. The highest BCUT2D eigenvalue weighted by atomic mass is 14.2. The maximum absolute atomic E-state index is 2.33. The standard InChI is InChI=1S/C34H22/c1-2-9-23(10-3-1)24-11-6-12-25(21-24)26-13-7-14-27(22-26)28-19-20-33-30-16-5-4-15-29(30)32-18-8-17-31(28)34(32)33/h1-22H. The van der Waals surface area contributed by atoms with Crippen LogP contribution in [0.1, 0.15) is 0 Å². The lowest BCUT2D eigenvalue weighted by Crippen LogP contribution is -1.86. The molecule has 0 saturated heterocycles. The van der Waals surface area contributed by atoms with E-state index in [4.69, 9.17) is 0 Å². The normalized spacial score (nSPS) is 11.5. The molecule has 34 heavy (non-hydrogen) atoms. The Balaban J connectivity index is 1.37. The third-order valence-corrected chi connectivity index (χ3v) is 7.02. The molecule has 7 rings (SSSR count). The van der Waals surface area contributed by atoms with Crippen LogP contribution in [0.15, 0.2) is 133 Å². The molecule has 0 heteroatoms. The van der Waals surface area contributed by atoms with Gasteiger partial charge in [0.1, 0.15) is 0 Å². The van der Waals surface area contributed by atoms with Gasteiger partial charge in [0, 0.05) is 0 Å². The zero-order valence-corrected chi connectivity index (χ0v) is 18.7. The van der Waals surface area contributed by atoms with Crippen LogP contribution in [0, 0.1) is 0 Å². The van der Waals surface area contributed by atoms with E-state index in [1.165, 1.54) is 66.4 Å². The second kappa shape index (κ2) is 7.57. The van der Waals surface area contributed by atoms with Crippen molar-refractivity contribution >= 4 is 10.8 Å². The molecular formula is C34H22.